The van der Waals surface area contributed by atoms with Crippen molar-refractivity contribution in [1.82, 2.24) is 5.32 Å². The molecule has 5 nitrogen and oxygen atoms in total. The Morgan fingerprint density at radius 1 is 1.26 bits per heavy atom. The Morgan fingerprint density at radius 2 is 1.95 bits per heavy atom. The van der Waals surface area contributed by atoms with Crippen LogP contribution in [0.2, 0.25) is 0 Å². The molecular formula is C14H21NO4. The van der Waals surface area contributed by atoms with Gasteiger partial charge in [-0.2, -0.15) is 0 Å². The standard InChI is InChI=1S/C14H21NO4/c1-10-7-15-11(8-18-10)9-19-14-12(16-2)5-4-6-13(14)17-3/h4-6,10-11,15H,7-9H2,1-3H3. The van der Waals surface area contributed by atoms with E-state index >= 15 is 0 Å². The first-order chi connectivity index (χ1) is 9.24. The second-order valence-corrected chi connectivity index (χ2v) is 4.55. The topological polar surface area (TPSA) is 49.0 Å². The highest BCUT2D eigenvalue weighted by Crippen LogP contribution is 2.36. The maximum absolute atomic E-state index is 5.83. The molecule has 1 aromatic rings. The van der Waals surface area contributed by atoms with E-state index in [-0.39, 0.29) is 12.1 Å². The predicted molar refractivity (Wildman–Crippen MR) is 72.2 cm³/mol. The molecule has 0 bridgehead atoms. The molecule has 0 amide bonds. The zero-order valence-corrected chi connectivity index (χ0v) is 11.6. The smallest absolute Gasteiger partial charge is 0.203 e. The summed E-state index contributed by atoms with van der Waals surface area (Å²) < 4.78 is 22.0. The number of para-hydroxylation sites is 1. The van der Waals surface area contributed by atoms with Gasteiger partial charge in [0.15, 0.2) is 11.5 Å². The number of rotatable bonds is 5. The largest absolute Gasteiger partial charge is 0.493 e. The van der Waals surface area contributed by atoms with Crippen molar-refractivity contribution in [2.45, 2.75) is 19.1 Å². The molecule has 0 spiro atoms. The molecule has 1 aliphatic rings. The van der Waals surface area contributed by atoms with Crippen LogP contribution in [0.4, 0.5) is 0 Å². The van der Waals surface area contributed by atoms with Crippen molar-refractivity contribution < 1.29 is 18.9 Å². The van der Waals surface area contributed by atoms with E-state index in [1.807, 2.05) is 25.1 Å². The molecule has 0 aliphatic carbocycles. The lowest BCUT2D eigenvalue weighted by molar-refractivity contribution is 0.00413. The van der Waals surface area contributed by atoms with Gasteiger partial charge in [-0.3, -0.25) is 0 Å². The van der Waals surface area contributed by atoms with E-state index in [0.717, 1.165) is 6.54 Å². The zero-order valence-electron chi connectivity index (χ0n) is 11.6. The second-order valence-electron chi connectivity index (χ2n) is 4.55. The number of nitrogens with one attached hydrogen (secondary N) is 1. The van der Waals surface area contributed by atoms with E-state index < -0.39 is 0 Å². The van der Waals surface area contributed by atoms with Crippen molar-refractivity contribution >= 4 is 0 Å². The van der Waals surface area contributed by atoms with Gasteiger partial charge in [0, 0.05) is 6.54 Å². The number of methoxy groups -OCH3 is 2. The summed E-state index contributed by atoms with van der Waals surface area (Å²) in [5.74, 6) is 1.97. The number of ether oxygens (including phenoxy) is 4. The van der Waals surface area contributed by atoms with E-state index in [2.05, 4.69) is 5.32 Å². The highest BCUT2D eigenvalue weighted by atomic mass is 16.5. The van der Waals surface area contributed by atoms with Crippen molar-refractivity contribution in [1.29, 1.82) is 0 Å². The Hall–Kier alpha value is -1.46. The average molecular weight is 267 g/mol. The fourth-order valence-electron chi connectivity index (χ4n) is 1.98. The van der Waals surface area contributed by atoms with Crippen molar-refractivity contribution in [2.24, 2.45) is 0 Å². The molecule has 106 valence electrons. The van der Waals surface area contributed by atoms with Gasteiger partial charge in [0.1, 0.15) is 6.61 Å². The molecule has 1 N–H and O–H groups in total. The van der Waals surface area contributed by atoms with E-state index in [1.54, 1.807) is 14.2 Å². The molecule has 2 unspecified atom stereocenters. The van der Waals surface area contributed by atoms with Crippen LogP contribution in [0.3, 0.4) is 0 Å². The van der Waals surface area contributed by atoms with Crippen LogP contribution in [0.25, 0.3) is 0 Å². The minimum Gasteiger partial charge on any atom is -0.493 e. The van der Waals surface area contributed by atoms with Crippen LogP contribution in [-0.2, 0) is 4.74 Å². The molecular weight excluding hydrogens is 246 g/mol. The lowest BCUT2D eigenvalue weighted by Gasteiger charge is -2.28. The highest BCUT2D eigenvalue weighted by molar-refractivity contribution is 5.51. The normalized spacial score (nSPS) is 22.9. The molecule has 0 aromatic heterocycles. The molecule has 2 rings (SSSR count). The third-order valence-electron chi connectivity index (χ3n) is 3.09. The fourth-order valence-corrected chi connectivity index (χ4v) is 1.98. The van der Waals surface area contributed by atoms with E-state index in [9.17, 15) is 0 Å². The first-order valence-electron chi connectivity index (χ1n) is 6.43. The van der Waals surface area contributed by atoms with Crippen LogP contribution in [0, 0.1) is 0 Å². The number of benzene rings is 1. The zero-order chi connectivity index (χ0) is 13.7. The van der Waals surface area contributed by atoms with Gasteiger partial charge in [0.2, 0.25) is 5.75 Å². The molecule has 1 aromatic carbocycles. The van der Waals surface area contributed by atoms with Gasteiger partial charge in [-0.05, 0) is 19.1 Å². The van der Waals surface area contributed by atoms with Gasteiger partial charge in [-0.25, -0.2) is 0 Å². The Balaban J connectivity index is 1.98. The van der Waals surface area contributed by atoms with E-state index in [0.29, 0.717) is 30.5 Å². The van der Waals surface area contributed by atoms with Gasteiger partial charge in [0.25, 0.3) is 0 Å². The van der Waals surface area contributed by atoms with Gasteiger partial charge in [-0.15, -0.1) is 0 Å². The highest BCUT2D eigenvalue weighted by Gasteiger charge is 2.20. The average Bonchev–Trinajstić information content (AvgIpc) is 2.46. The molecule has 2 atom stereocenters. The third-order valence-corrected chi connectivity index (χ3v) is 3.09. The summed E-state index contributed by atoms with van der Waals surface area (Å²) in [7, 11) is 3.23. The van der Waals surface area contributed by atoms with Crippen molar-refractivity contribution in [3.63, 3.8) is 0 Å². The maximum atomic E-state index is 5.83. The van der Waals surface area contributed by atoms with Crippen LogP contribution < -0.4 is 19.5 Å². The summed E-state index contributed by atoms with van der Waals surface area (Å²) in [5.41, 5.74) is 0. The molecule has 0 radical (unpaired) electrons. The van der Waals surface area contributed by atoms with Crippen LogP contribution in [0.1, 0.15) is 6.92 Å². The third kappa shape index (κ3) is 3.52. The van der Waals surface area contributed by atoms with Gasteiger partial charge < -0.3 is 24.3 Å². The maximum Gasteiger partial charge on any atom is 0.203 e. The van der Waals surface area contributed by atoms with Gasteiger partial charge in [0.05, 0.1) is 33.0 Å². The number of morpholine rings is 1. The Kier molecular flexibility index (Phi) is 4.87. The summed E-state index contributed by atoms with van der Waals surface area (Å²) in [6.45, 7) is 4.06. The fraction of sp³-hybridized carbons (Fsp3) is 0.571. The van der Waals surface area contributed by atoms with Crippen LogP contribution in [-0.4, -0.2) is 46.1 Å². The molecule has 1 aliphatic heterocycles. The summed E-state index contributed by atoms with van der Waals surface area (Å²) in [6, 6.07) is 5.76. The second kappa shape index (κ2) is 6.63. The lowest BCUT2D eigenvalue weighted by atomic mass is 10.2. The van der Waals surface area contributed by atoms with Crippen molar-refractivity contribution in [2.75, 3.05) is 34.0 Å². The molecule has 1 fully saturated rings. The van der Waals surface area contributed by atoms with Crippen LogP contribution in [0.5, 0.6) is 17.2 Å². The van der Waals surface area contributed by atoms with Crippen LogP contribution >= 0.6 is 0 Å². The number of hydrogen-bond donors (Lipinski definition) is 1. The SMILES string of the molecule is COc1cccc(OC)c1OCC1COC(C)CN1. The summed E-state index contributed by atoms with van der Waals surface area (Å²) in [5, 5.41) is 3.38. The van der Waals surface area contributed by atoms with Gasteiger partial charge in [-0.1, -0.05) is 6.07 Å². The Labute approximate surface area is 113 Å². The van der Waals surface area contributed by atoms with E-state index in [4.69, 9.17) is 18.9 Å². The van der Waals surface area contributed by atoms with Gasteiger partial charge >= 0.3 is 0 Å². The predicted octanol–water partition coefficient (Wildman–Crippen LogP) is 1.46. The number of hydrogen-bond acceptors (Lipinski definition) is 5. The molecule has 0 saturated carbocycles. The lowest BCUT2D eigenvalue weighted by Crippen LogP contribution is -2.48. The molecule has 1 heterocycles. The molecule has 19 heavy (non-hydrogen) atoms. The summed E-state index contributed by atoms with van der Waals surface area (Å²) >= 11 is 0. The minimum atomic E-state index is 0.186. The Morgan fingerprint density at radius 3 is 2.47 bits per heavy atom. The first-order valence-corrected chi connectivity index (χ1v) is 6.43. The molecule has 5 heteroatoms. The Bertz CT molecular complexity index is 380. The summed E-state index contributed by atoms with van der Waals surface area (Å²) in [6.07, 6.45) is 0.261. The van der Waals surface area contributed by atoms with Crippen molar-refractivity contribution in [3.8, 4) is 17.2 Å². The van der Waals surface area contributed by atoms with Crippen molar-refractivity contribution in [3.05, 3.63) is 18.2 Å². The minimum absolute atomic E-state index is 0.186. The quantitative estimate of drug-likeness (QED) is 0.875. The summed E-state index contributed by atoms with van der Waals surface area (Å²) in [4.78, 5) is 0. The molecule has 1 saturated heterocycles. The van der Waals surface area contributed by atoms with Crippen LogP contribution in [0.15, 0.2) is 18.2 Å². The first kappa shape index (κ1) is 14.0. The monoisotopic (exact) mass is 267 g/mol. The van der Waals surface area contributed by atoms with E-state index in [1.165, 1.54) is 0 Å².